The maximum atomic E-state index is 5.99. The van der Waals surface area contributed by atoms with Crippen LogP contribution in [0.3, 0.4) is 0 Å². The van der Waals surface area contributed by atoms with Crippen LogP contribution in [0.5, 0.6) is 0 Å². The smallest absolute Gasteiger partial charge is 0.188 e. The predicted molar refractivity (Wildman–Crippen MR) is 120 cm³/mol. The zero-order valence-electron chi connectivity index (χ0n) is 15.0. The van der Waals surface area contributed by atoms with Crippen LogP contribution in [0.4, 0.5) is 0 Å². The Balaban J connectivity index is 0.00000243. The van der Waals surface area contributed by atoms with Crippen LogP contribution in [0, 0.1) is 13.8 Å². The third-order valence-electron chi connectivity index (χ3n) is 4.11. The molecule has 5 nitrogen and oxygen atoms in total. The van der Waals surface area contributed by atoms with Gasteiger partial charge < -0.3 is 11.1 Å². The molecule has 0 radical (unpaired) electrons. The average Bonchev–Trinajstić information content (AvgIpc) is 3.23. The number of nitrogens with one attached hydrogen (secondary N) is 1. The van der Waals surface area contributed by atoms with Crippen molar-refractivity contribution in [1.29, 1.82) is 0 Å². The van der Waals surface area contributed by atoms with Crippen LogP contribution < -0.4 is 11.1 Å². The molecule has 0 spiro atoms. The second-order valence-corrected chi connectivity index (χ2v) is 6.89. The van der Waals surface area contributed by atoms with E-state index in [-0.39, 0.29) is 24.0 Å². The third kappa shape index (κ3) is 5.07. The number of nitrogens with two attached hydrogens (primary N) is 1. The zero-order chi connectivity index (χ0) is 17.6. The summed E-state index contributed by atoms with van der Waals surface area (Å²) in [5.74, 6) is 0.475. The van der Waals surface area contributed by atoms with Crippen LogP contribution in [0.15, 0.2) is 52.8 Å². The first kappa shape index (κ1) is 20.4. The largest absolute Gasteiger partial charge is 0.370 e. The Labute approximate surface area is 175 Å². The minimum Gasteiger partial charge on any atom is -0.370 e. The fourth-order valence-electron chi connectivity index (χ4n) is 2.71. The van der Waals surface area contributed by atoms with Gasteiger partial charge in [-0.15, -0.1) is 35.3 Å². The fraction of sp³-hybridized carbons (Fsp3) is 0.263. The fourth-order valence-corrected chi connectivity index (χ4v) is 3.42. The number of hydrogen-bond acceptors (Lipinski definition) is 3. The number of hydrogen-bond donors (Lipinski definition) is 2. The molecule has 138 valence electrons. The molecule has 2 heterocycles. The second kappa shape index (κ2) is 9.72. The molecule has 3 N–H and O–H groups in total. The van der Waals surface area contributed by atoms with Gasteiger partial charge in [-0.25, -0.2) is 9.67 Å². The molecule has 0 aliphatic rings. The first-order valence-electron chi connectivity index (χ1n) is 8.32. The molecule has 0 atom stereocenters. The van der Waals surface area contributed by atoms with Gasteiger partial charge in [0.1, 0.15) is 0 Å². The normalized spacial score (nSPS) is 11.2. The minimum atomic E-state index is 0. The molecule has 0 saturated carbocycles. The summed E-state index contributed by atoms with van der Waals surface area (Å²) < 4.78 is 1.96. The van der Waals surface area contributed by atoms with Crippen LogP contribution >= 0.6 is 35.3 Å². The molecule has 0 bridgehead atoms. The van der Waals surface area contributed by atoms with E-state index in [1.165, 1.54) is 4.88 Å². The predicted octanol–water partition coefficient (Wildman–Crippen LogP) is 3.82. The van der Waals surface area contributed by atoms with Gasteiger partial charge in [0.25, 0.3) is 0 Å². The number of rotatable bonds is 6. The van der Waals surface area contributed by atoms with Gasteiger partial charge in [-0.05, 0) is 43.8 Å². The van der Waals surface area contributed by atoms with E-state index in [2.05, 4.69) is 39.8 Å². The topological polar surface area (TPSA) is 68.2 Å². The summed E-state index contributed by atoms with van der Waals surface area (Å²) in [6.07, 6.45) is 0.956. The van der Waals surface area contributed by atoms with Crippen LogP contribution in [0.1, 0.15) is 21.8 Å². The van der Waals surface area contributed by atoms with Gasteiger partial charge in [0.15, 0.2) is 5.96 Å². The number of halogens is 1. The first-order chi connectivity index (χ1) is 12.1. The maximum absolute atomic E-state index is 5.99. The Morgan fingerprint density at radius 1 is 1.19 bits per heavy atom. The summed E-state index contributed by atoms with van der Waals surface area (Å²) in [5.41, 5.74) is 10.2. The number of para-hydroxylation sites is 1. The lowest BCUT2D eigenvalue weighted by molar-refractivity contribution is 0.831. The zero-order valence-corrected chi connectivity index (χ0v) is 18.1. The monoisotopic (exact) mass is 481 g/mol. The molecule has 2 aromatic heterocycles. The second-order valence-electron chi connectivity index (χ2n) is 5.85. The van der Waals surface area contributed by atoms with Gasteiger partial charge in [-0.2, -0.15) is 5.10 Å². The van der Waals surface area contributed by atoms with E-state index >= 15 is 0 Å². The van der Waals surface area contributed by atoms with Crippen molar-refractivity contribution in [2.75, 3.05) is 6.54 Å². The average molecular weight is 481 g/mol. The van der Waals surface area contributed by atoms with Crippen LogP contribution in [0.25, 0.3) is 5.69 Å². The van der Waals surface area contributed by atoms with Crippen molar-refractivity contribution in [3.05, 3.63) is 69.7 Å². The van der Waals surface area contributed by atoms with E-state index in [4.69, 9.17) is 5.73 Å². The van der Waals surface area contributed by atoms with Crippen molar-refractivity contribution in [1.82, 2.24) is 15.1 Å². The summed E-state index contributed by atoms with van der Waals surface area (Å²) in [6, 6.07) is 14.3. The first-order valence-corrected chi connectivity index (χ1v) is 9.20. The Morgan fingerprint density at radius 3 is 2.65 bits per heavy atom. The molecule has 0 saturated heterocycles. The van der Waals surface area contributed by atoms with E-state index in [9.17, 15) is 0 Å². The highest BCUT2D eigenvalue weighted by Gasteiger charge is 2.12. The van der Waals surface area contributed by atoms with Crippen LogP contribution in [0.2, 0.25) is 0 Å². The molecule has 3 rings (SSSR count). The van der Waals surface area contributed by atoms with Gasteiger partial charge in [-0.1, -0.05) is 24.3 Å². The van der Waals surface area contributed by atoms with Gasteiger partial charge in [0, 0.05) is 22.7 Å². The number of aromatic nitrogens is 2. The summed E-state index contributed by atoms with van der Waals surface area (Å²) in [4.78, 5) is 5.82. The highest BCUT2D eigenvalue weighted by Crippen LogP contribution is 2.18. The van der Waals surface area contributed by atoms with Gasteiger partial charge in [0.2, 0.25) is 0 Å². The molecule has 0 aliphatic carbocycles. The highest BCUT2D eigenvalue weighted by molar-refractivity contribution is 14.0. The summed E-state index contributed by atoms with van der Waals surface area (Å²) >= 11 is 1.76. The number of benzene rings is 1. The minimum absolute atomic E-state index is 0. The van der Waals surface area contributed by atoms with Crippen molar-refractivity contribution in [3.8, 4) is 5.69 Å². The summed E-state index contributed by atoms with van der Waals surface area (Å²) in [6.45, 7) is 5.40. The molecule has 0 aliphatic heterocycles. The Bertz CT molecular complexity index is 840. The lowest BCUT2D eigenvalue weighted by atomic mass is 10.2. The van der Waals surface area contributed by atoms with E-state index in [1.54, 1.807) is 11.3 Å². The molecular weight excluding hydrogens is 457 g/mol. The van der Waals surface area contributed by atoms with Gasteiger partial charge in [-0.3, -0.25) is 0 Å². The molecule has 0 amide bonds. The van der Waals surface area contributed by atoms with Crippen molar-refractivity contribution >= 4 is 41.3 Å². The number of nitrogens with zero attached hydrogens (tertiary/aromatic N) is 3. The van der Waals surface area contributed by atoms with E-state index in [1.807, 2.05) is 41.9 Å². The van der Waals surface area contributed by atoms with Crippen LogP contribution in [-0.4, -0.2) is 22.3 Å². The van der Waals surface area contributed by atoms with Crippen molar-refractivity contribution < 1.29 is 0 Å². The summed E-state index contributed by atoms with van der Waals surface area (Å²) in [5, 5.41) is 9.90. The number of aryl methyl sites for hydroxylation is 1. The molecule has 7 heteroatoms. The Hall–Kier alpha value is -1.87. The van der Waals surface area contributed by atoms with Crippen molar-refractivity contribution in [2.45, 2.75) is 26.8 Å². The molecular formula is C19H24IN5S. The summed E-state index contributed by atoms with van der Waals surface area (Å²) in [7, 11) is 0. The van der Waals surface area contributed by atoms with Crippen molar-refractivity contribution in [3.63, 3.8) is 0 Å². The molecule has 26 heavy (non-hydrogen) atoms. The highest BCUT2D eigenvalue weighted by atomic mass is 127. The van der Waals surface area contributed by atoms with E-state index < -0.39 is 0 Å². The Morgan fingerprint density at radius 2 is 1.96 bits per heavy atom. The quantitative estimate of drug-likeness (QED) is 0.320. The standard InChI is InChI=1S/C19H23N5S.HI/c1-14-18(15(2)24(23-14)16-7-4-3-5-8-16)13-22-19(20)21-11-10-17-9-6-12-25-17;/h3-9,12H,10-11,13H2,1-2H3,(H3,20,21,22);1H. The SMILES string of the molecule is Cc1nn(-c2ccccc2)c(C)c1CN=C(N)NCCc1cccs1.I. The van der Waals surface area contributed by atoms with Crippen molar-refractivity contribution in [2.24, 2.45) is 10.7 Å². The number of guanidine groups is 1. The van der Waals surface area contributed by atoms with E-state index in [0.29, 0.717) is 12.5 Å². The molecule has 0 fully saturated rings. The lowest BCUT2D eigenvalue weighted by Gasteiger charge is -2.06. The maximum Gasteiger partial charge on any atom is 0.188 e. The molecule has 1 aromatic carbocycles. The molecule has 0 unspecified atom stereocenters. The Kier molecular flexibility index (Phi) is 7.65. The number of thiophene rings is 1. The van der Waals surface area contributed by atoms with Gasteiger partial charge in [0.05, 0.1) is 17.9 Å². The van der Waals surface area contributed by atoms with E-state index in [0.717, 1.165) is 35.6 Å². The van der Waals surface area contributed by atoms with Gasteiger partial charge >= 0.3 is 0 Å². The number of aliphatic imine (C=N–C) groups is 1. The lowest BCUT2D eigenvalue weighted by Crippen LogP contribution is -2.33. The third-order valence-corrected chi connectivity index (χ3v) is 5.04. The molecule has 3 aromatic rings. The van der Waals surface area contributed by atoms with Crippen LogP contribution in [-0.2, 0) is 13.0 Å².